The van der Waals surface area contributed by atoms with Crippen LogP contribution < -0.4 is 4.74 Å². The third-order valence-corrected chi connectivity index (χ3v) is 1.97. The van der Waals surface area contributed by atoms with E-state index in [1.807, 2.05) is 0 Å². The summed E-state index contributed by atoms with van der Waals surface area (Å²) in [5.74, 6) is -0.358. The lowest BCUT2D eigenvalue weighted by Gasteiger charge is -2.05. The molecule has 0 saturated carbocycles. The standard InChI is InChI=1S/C10H9NO3/c12-10(13)7-1-2-8-6-11-3-4-14-9(8)5-7/h1-2,5-6H,3-4H2,(H,12,13). The van der Waals surface area contributed by atoms with E-state index in [0.29, 0.717) is 18.9 Å². The average molecular weight is 191 g/mol. The highest BCUT2D eigenvalue weighted by Crippen LogP contribution is 2.20. The van der Waals surface area contributed by atoms with E-state index in [0.717, 1.165) is 5.56 Å². The van der Waals surface area contributed by atoms with Gasteiger partial charge < -0.3 is 9.84 Å². The van der Waals surface area contributed by atoms with Crippen LogP contribution in [0.5, 0.6) is 5.75 Å². The van der Waals surface area contributed by atoms with Crippen LogP contribution in [-0.4, -0.2) is 30.4 Å². The lowest BCUT2D eigenvalue weighted by atomic mass is 10.1. The summed E-state index contributed by atoms with van der Waals surface area (Å²) in [4.78, 5) is 14.8. The summed E-state index contributed by atoms with van der Waals surface area (Å²) >= 11 is 0. The predicted octanol–water partition coefficient (Wildman–Crippen LogP) is 1.20. The van der Waals surface area contributed by atoms with Gasteiger partial charge in [-0.25, -0.2) is 4.79 Å². The highest BCUT2D eigenvalue weighted by Gasteiger charge is 2.09. The Balaban J connectivity index is 2.44. The topological polar surface area (TPSA) is 58.9 Å². The summed E-state index contributed by atoms with van der Waals surface area (Å²) in [6, 6.07) is 4.77. The van der Waals surface area contributed by atoms with Crippen molar-refractivity contribution < 1.29 is 14.6 Å². The summed E-state index contributed by atoms with van der Waals surface area (Å²) < 4.78 is 5.35. The van der Waals surface area contributed by atoms with E-state index >= 15 is 0 Å². The lowest BCUT2D eigenvalue weighted by Crippen LogP contribution is -2.02. The van der Waals surface area contributed by atoms with Gasteiger partial charge in [0.2, 0.25) is 0 Å². The molecule has 0 aromatic heterocycles. The van der Waals surface area contributed by atoms with Crippen LogP contribution in [0, 0.1) is 0 Å². The first kappa shape index (κ1) is 8.74. The number of benzene rings is 1. The maximum Gasteiger partial charge on any atom is 0.335 e. The molecule has 0 aliphatic carbocycles. The Morgan fingerprint density at radius 1 is 1.50 bits per heavy atom. The van der Waals surface area contributed by atoms with Crippen LogP contribution in [0.3, 0.4) is 0 Å². The first-order valence-electron chi connectivity index (χ1n) is 4.27. The van der Waals surface area contributed by atoms with Gasteiger partial charge in [0, 0.05) is 11.8 Å². The van der Waals surface area contributed by atoms with Crippen molar-refractivity contribution in [3.8, 4) is 5.75 Å². The van der Waals surface area contributed by atoms with Crippen molar-refractivity contribution in [3.05, 3.63) is 29.3 Å². The third-order valence-electron chi connectivity index (χ3n) is 1.97. The van der Waals surface area contributed by atoms with Gasteiger partial charge in [-0.05, 0) is 18.2 Å². The Hall–Kier alpha value is -1.84. The van der Waals surface area contributed by atoms with Gasteiger partial charge in [0.15, 0.2) is 0 Å². The van der Waals surface area contributed by atoms with Crippen LogP contribution in [-0.2, 0) is 0 Å². The Morgan fingerprint density at radius 2 is 2.36 bits per heavy atom. The Kier molecular flexibility index (Phi) is 2.18. The highest BCUT2D eigenvalue weighted by molar-refractivity contribution is 5.91. The molecule has 0 fully saturated rings. The molecule has 1 heterocycles. The van der Waals surface area contributed by atoms with Gasteiger partial charge in [-0.15, -0.1) is 0 Å². The minimum atomic E-state index is -0.947. The van der Waals surface area contributed by atoms with Crippen LogP contribution in [0.25, 0.3) is 0 Å². The van der Waals surface area contributed by atoms with Crippen molar-refractivity contribution in [2.45, 2.75) is 0 Å². The number of aliphatic imine (C=N–C) groups is 1. The molecule has 4 nitrogen and oxygen atoms in total. The lowest BCUT2D eigenvalue weighted by molar-refractivity contribution is 0.0696. The quantitative estimate of drug-likeness (QED) is 0.725. The first-order valence-corrected chi connectivity index (χ1v) is 4.27. The van der Waals surface area contributed by atoms with Gasteiger partial charge in [0.25, 0.3) is 0 Å². The second-order valence-corrected chi connectivity index (χ2v) is 2.94. The first-order chi connectivity index (χ1) is 6.77. The molecule has 1 N–H and O–H groups in total. The zero-order valence-electron chi connectivity index (χ0n) is 7.43. The van der Waals surface area contributed by atoms with E-state index < -0.39 is 5.97 Å². The van der Waals surface area contributed by atoms with E-state index in [2.05, 4.69) is 4.99 Å². The fraction of sp³-hybridized carbons (Fsp3) is 0.200. The van der Waals surface area contributed by atoms with Crippen LogP contribution >= 0.6 is 0 Å². The maximum atomic E-state index is 10.7. The molecule has 0 radical (unpaired) electrons. The molecule has 0 saturated heterocycles. The molecule has 0 atom stereocenters. The van der Waals surface area contributed by atoms with Gasteiger partial charge in [-0.3, -0.25) is 4.99 Å². The van der Waals surface area contributed by atoms with E-state index in [-0.39, 0.29) is 5.56 Å². The number of hydrogen-bond acceptors (Lipinski definition) is 3. The molecule has 0 bridgehead atoms. The molecule has 1 aromatic rings. The highest BCUT2D eigenvalue weighted by atomic mass is 16.5. The van der Waals surface area contributed by atoms with Crippen molar-refractivity contribution in [2.24, 2.45) is 4.99 Å². The predicted molar refractivity (Wildman–Crippen MR) is 51.4 cm³/mol. The van der Waals surface area contributed by atoms with E-state index in [1.54, 1.807) is 18.3 Å². The van der Waals surface area contributed by atoms with Gasteiger partial charge in [0.05, 0.1) is 12.1 Å². The fourth-order valence-electron chi connectivity index (χ4n) is 1.27. The number of carboxylic acids is 1. The maximum absolute atomic E-state index is 10.7. The van der Waals surface area contributed by atoms with Crippen LogP contribution in [0.15, 0.2) is 23.2 Å². The van der Waals surface area contributed by atoms with Gasteiger partial charge >= 0.3 is 5.97 Å². The van der Waals surface area contributed by atoms with E-state index in [1.165, 1.54) is 6.07 Å². The average Bonchev–Trinajstić information content (AvgIpc) is 2.41. The number of hydrogen-bond donors (Lipinski definition) is 1. The number of fused-ring (bicyclic) bond motifs is 1. The summed E-state index contributed by atoms with van der Waals surface area (Å²) in [6.07, 6.45) is 1.70. The van der Waals surface area contributed by atoms with Crippen molar-refractivity contribution in [2.75, 3.05) is 13.2 Å². The van der Waals surface area contributed by atoms with E-state index in [9.17, 15) is 4.79 Å². The summed E-state index contributed by atoms with van der Waals surface area (Å²) in [7, 11) is 0. The molecule has 0 unspecified atom stereocenters. The van der Waals surface area contributed by atoms with Crippen molar-refractivity contribution >= 4 is 12.2 Å². The Labute approximate surface area is 80.8 Å². The monoisotopic (exact) mass is 191 g/mol. The SMILES string of the molecule is O=C(O)c1ccc2c(c1)OCCN=C2. The largest absolute Gasteiger partial charge is 0.491 e. The summed E-state index contributed by atoms with van der Waals surface area (Å²) in [6.45, 7) is 1.10. The molecule has 1 aliphatic rings. The molecular formula is C10H9NO3. The second kappa shape index (κ2) is 3.49. The third kappa shape index (κ3) is 1.59. The second-order valence-electron chi connectivity index (χ2n) is 2.94. The fourth-order valence-corrected chi connectivity index (χ4v) is 1.27. The normalized spacial score (nSPS) is 14.0. The van der Waals surface area contributed by atoms with Crippen molar-refractivity contribution in [1.82, 2.24) is 0 Å². The number of rotatable bonds is 1. The van der Waals surface area contributed by atoms with Crippen LogP contribution in [0.4, 0.5) is 0 Å². The molecule has 14 heavy (non-hydrogen) atoms. The molecule has 4 heteroatoms. The molecular weight excluding hydrogens is 182 g/mol. The number of nitrogens with zero attached hydrogens (tertiary/aromatic N) is 1. The van der Waals surface area contributed by atoms with Crippen LogP contribution in [0.1, 0.15) is 15.9 Å². The Bertz CT molecular complexity index is 398. The molecule has 72 valence electrons. The molecule has 1 aliphatic heterocycles. The molecule has 1 aromatic carbocycles. The summed E-state index contributed by atoms with van der Waals surface area (Å²) in [5.41, 5.74) is 1.06. The number of carboxylic acid groups (broad SMARTS) is 1. The van der Waals surface area contributed by atoms with Crippen molar-refractivity contribution in [1.29, 1.82) is 0 Å². The summed E-state index contributed by atoms with van der Waals surface area (Å²) in [5, 5.41) is 8.77. The van der Waals surface area contributed by atoms with Gasteiger partial charge in [0.1, 0.15) is 12.4 Å². The minimum Gasteiger partial charge on any atom is -0.491 e. The smallest absolute Gasteiger partial charge is 0.335 e. The number of ether oxygens (including phenoxy) is 1. The van der Waals surface area contributed by atoms with E-state index in [4.69, 9.17) is 9.84 Å². The Morgan fingerprint density at radius 3 is 3.14 bits per heavy atom. The van der Waals surface area contributed by atoms with Crippen LogP contribution in [0.2, 0.25) is 0 Å². The van der Waals surface area contributed by atoms with Gasteiger partial charge in [-0.2, -0.15) is 0 Å². The molecule has 0 spiro atoms. The molecule has 0 amide bonds. The van der Waals surface area contributed by atoms with Gasteiger partial charge in [-0.1, -0.05) is 0 Å². The number of carbonyl (C=O) groups is 1. The zero-order valence-corrected chi connectivity index (χ0v) is 7.43. The molecule has 2 rings (SSSR count). The van der Waals surface area contributed by atoms with Crippen molar-refractivity contribution in [3.63, 3.8) is 0 Å². The minimum absolute atomic E-state index is 0.235. The number of aromatic carboxylic acids is 1. The zero-order chi connectivity index (χ0) is 9.97.